The van der Waals surface area contributed by atoms with E-state index in [1.54, 1.807) is 0 Å². The monoisotopic (exact) mass is 759 g/mol. The fourth-order valence-electron chi connectivity index (χ4n) is 8.86. The molecule has 1 amide bonds. The fourth-order valence-corrected chi connectivity index (χ4v) is 10.1. The highest BCUT2D eigenvalue weighted by Crippen LogP contribution is 2.47. The molecule has 9 nitrogen and oxygen atoms in total. The highest BCUT2D eigenvalue weighted by Gasteiger charge is 2.52. The van der Waals surface area contributed by atoms with Crippen LogP contribution in [-0.4, -0.2) is 89.2 Å². The number of hydrogen-bond donors (Lipinski definition) is 1. The van der Waals surface area contributed by atoms with Crippen LogP contribution in [0.25, 0.3) is 32.1 Å². The number of carbonyl (C=O) groups is 1. The number of halogens is 6. The van der Waals surface area contributed by atoms with E-state index < -0.39 is 40.6 Å². The van der Waals surface area contributed by atoms with Crippen molar-refractivity contribution in [2.24, 2.45) is 5.41 Å². The second-order valence-electron chi connectivity index (χ2n) is 14.8. The van der Waals surface area contributed by atoms with Crippen LogP contribution in [0.2, 0.25) is 5.02 Å². The van der Waals surface area contributed by atoms with Crippen molar-refractivity contribution in [1.29, 1.82) is 5.26 Å². The second kappa shape index (κ2) is 12.6. The van der Waals surface area contributed by atoms with E-state index in [0.29, 0.717) is 45.2 Å². The van der Waals surface area contributed by atoms with Crippen LogP contribution in [0.5, 0.6) is 6.01 Å². The predicted octanol–water partition coefficient (Wildman–Crippen LogP) is 7.33. The van der Waals surface area contributed by atoms with Gasteiger partial charge in [-0.15, -0.1) is 11.3 Å². The molecular weight excluding hydrogens is 725 g/mol. The summed E-state index contributed by atoms with van der Waals surface area (Å²) in [5, 5.41) is 10.3. The number of alkyl halides is 3. The van der Waals surface area contributed by atoms with Crippen molar-refractivity contribution in [1.82, 2.24) is 19.8 Å². The molecule has 4 fully saturated rings. The summed E-state index contributed by atoms with van der Waals surface area (Å²) in [6.07, 6.45) is 3.12. The molecule has 4 aromatic rings. The molecule has 1 spiro atoms. The fraction of sp³-hybridized carbons (Fsp3) is 0.500. The van der Waals surface area contributed by atoms with Gasteiger partial charge < -0.3 is 20.3 Å². The highest BCUT2D eigenvalue weighted by molar-refractivity contribution is 7.23. The molecule has 0 unspecified atom stereocenters. The average Bonchev–Trinajstić information content (AvgIpc) is 3.66. The molecule has 4 aliphatic heterocycles. The third-order valence-corrected chi connectivity index (χ3v) is 12.5. The Morgan fingerprint density at radius 1 is 1.17 bits per heavy atom. The summed E-state index contributed by atoms with van der Waals surface area (Å²) in [6.45, 7) is 2.86. The first-order valence-corrected chi connectivity index (χ1v) is 18.5. The molecule has 2 N–H and O–H groups in total. The zero-order chi connectivity index (χ0) is 36.7. The summed E-state index contributed by atoms with van der Waals surface area (Å²) < 4.78 is 80.9. The lowest BCUT2D eigenvalue weighted by molar-refractivity contribution is -0.167. The van der Waals surface area contributed by atoms with Crippen LogP contribution in [0.1, 0.15) is 51.0 Å². The van der Waals surface area contributed by atoms with Gasteiger partial charge in [-0.3, -0.25) is 9.69 Å². The summed E-state index contributed by atoms with van der Waals surface area (Å²) in [7, 11) is 0. The van der Waals surface area contributed by atoms with Crippen LogP contribution in [0.3, 0.4) is 0 Å². The zero-order valence-corrected chi connectivity index (χ0v) is 29.8. The van der Waals surface area contributed by atoms with Gasteiger partial charge in [0.1, 0.15) is 41.0 Å². The van der Waals surface area contributed by atoms with Crippen LogP contribution < -0.4 is 15.4 Å². The Hall–Kier alpha value is -4.00. The third kappa shape index (κ3) is 5.69. The number of likely N-dealkylation sites (tertiary alicyclic amines) is 1. The molecule has 2 aromatic carbocycles. The summed E-state index contributed by atoms with van der Waals surface area (Å²) in [4.78, 5) is 26.9. The van der Waals surface area contributed by atoms with Gasteiger partial charge in [-0.1, -0.05) is 24.1 Å². The van der Waals surface area contributed by atoms with Crippen molar-refractivity contribution in [2.45, 2.75) is 63.1 Å². The smallest absolute Gasteiger partial charge is 0.322 e. The summed E-state index contributed by atoms with van der Waals surface area (Å²) >= 11 is 7.76. The molecule has 6 heterocycles. The number of hydrogen-bond acceptors (Lipinski definition) is 9. The molecule has 16 heteroatoms. The number of nitrogens with zero attached hydrogens (tertiary/aromatic N) is 6. The number of ether oxygens (including phenoxy) is 1. The Bertz CT molecular complexity index is 2170. The first kappa shape index (κ1) is 35.1. The molecule has 2 atom stereocenters. The van der Waals surface area contributed by atoms with Gasteiger partial charge >= 0.3 is 11.9 Å². The van der Waals surface area contributed by atoms with Gasteiger partial charge in [0.25, 0.3) is 5.91 Å². The highest BCUT2D eigenvalue weighted by atomic mass is 35.5. The maximum atomic E-state index is 17.2. The number of thiophene rings is 1. The lowest BCUT2D eigenvalue weighted by atomic mass is 9.75. The second-order valence-corrected chi connectivity index (χ2v) is 16.3. The molecule has 274 valence electrons. The molecule has 4 aliphatic rings. The zero-order valence-electron chi connectivity index (χ0n) is 28.3. The van der Waals surface area contributed by atoms with E-state index in [2.05, 4.69) is 9.88 Å². The molecule has 0 saturated carbocycles. The van der Waals surface area contributed by atoms with E-state index in [0.717, 1.165) is 43.6 Å². The quantitative estimate of drug-likeness (QED) is 0.204. The average molecular weight is 760 g/mol. The number of amides is 1. The van der Waals surface area contributed by atoms with Crippen LogP contribution >= 0.6 is 22.9 Å². The minimum Gasteiger partial charge on any atom is -0.461 e. The van der Waals surface area contributed by atoms with Crippen LogP contribution in [0.4, 0.5) is 32.8 Å². The van der Waals surface area contributed by atoms with E-state index in [9.17, 15) is 27.6 Å². The van der Waals surface area contributed by atoms with E-state index in [4.69, 9.17) is 27.1 Å². The van der Waals surface area contributed by atoms with E-state index >= 15 is 4.39 Å². The number of anilines is 2. The van der Waals surface area contributed by atoms with Crippen molar-refractivity contribution < 1.29 is 31.5 Å². The topological polar surface area (TPSA) is 112 Å². The van der Waals surface area contributed by atoms with Gasteiger partial charge in [0.2, 0.25) is 0 Å². The maximum absolute atomic E-state index is 17.2. The molecular formula is C36H35ClF5N7O2S. The number of rotatable bonds is 6. The molecule has 4 saturated heterocycles. The van der Waals surface area contributed by atoms with Gasteiger partial charge in [0.15, 0.2) is 5.82 Å². The molecule has 0 bridgehead atoms. The maximum Gasteiger partial charge on any atom is 0.322 e. The largest absolute Gasteiger partial charge is 0.461 e. The summed E-state index contributed by atoms with van der Waals surface area (Å²) in [5.74, 6) is -5.86. The molecule has 0 radical (unpaired) electrons. The Morgan fingerprint density at radius 2 is 1.96 bits per heavy atom. The number of aromatic nitrogens is 2. The first-order valence-electron chi connectivity index (χ1n) is 17.3. The molecule has 8 rings (SSSR count). The van der Waals surface area contributed by atoms with Gasteiger partial charge in [0.05, 0.1) is 20.8 Å². The number of nitrogen functional groups attached to an aromatic ring is 1. The Balaban J connectivity index is 1.25. The standard InChI is InChI=1S/C36H35ClF5N7O2S/c1-34(41,42)32(50)48-16-35(17-48)7-2-3-9-47(15-35)31-21-11-23(37)26(20-5-6-24(39)29-25(20)22(13-43)30(44)52-29)27(40)28(21)45-33(46-31)51-18-36-8-4-10-49(36)14-19(38)12-36/h5-6,11,19H,2-4,7-10,12,14-18,44H2,1H3/t19-,36+/m1/s1. The van der Waals surface area contributed by atoms with Crippen molar-refractivity contribution in [3.8, 4) is 23.2 Å². The van der Waals surface area contributed by atoms with Crippen molar-refractivity contribution in [3.63, 3.8) is 0 Å². The summed E-state index contributed by atoms with van der Waals surface area (Å²) in [6, 6.07) is 5.92. The number of benzene rings is 2. The molecule has 2 aromatic heterocycles. The Labute approximate surface area is 305 Å². The number of nitrogens with two attached hydrogens (primary N) is 1. The predicted molar refractivity (Wildman–Crippen MR) is 189 cm³/mol. The number of carbonyl (C=O) groups excluding carboxylic acids is 1. The van der Waals surface area contributed by atoms with Crippen molar-refractivity contribution in [3.05, 3.63) is 40.4 Å². The normalized spacial score (nSPS) is 23.2. The van der Waals surface area contributed by atoms with Gasteiger partial charge in [-0.2, -0.15) is 24.0 Å². The SMILES string of the molecule is CC(F)(F)C(=O)N1CC2(CCCCN(c3nc(OC[C@@]45CCCN4C[C@H](F)C5)nc4c(F)c(-c5ccc(F)c6sc(N)c(C#N)c56)c(Cl)cc34)C2)C1. The van der Waals surface area contributed by atoms with Crippen LogP contribution in [0.15, 0.2) is 18.2 Å². The van der Waals surface area contributed by atoms with Gasteiger partial charge in [0, 0.05) is 67.8 Å². The minimum absolute atomic E-state index is 0.00397. The van der Waals surface area contributed by atoms with Gasteiger partial charge in [-0.25, -0.2) is 13.2 Å². The third-order valence-electron chi connectivity index (χ3n) is 11.2. The van der Waals surface area contributed by atoms with Crippen LogP contribution in [0, 0.1) is 28.4 Å². The van der Waals surface area contributed by atoms with E-state index in [-0.39, 0.29) is 73.4 Å². The number of fused-ring (bicyclic) bond motifs is 3. The Kier molecular flexibility index (Phi) is 8.46. The Morgan fingerprint density at radius 3 is 2.71 bits per heavy atom. The lowest BCUT2D eigenvalue weighted by Crippen LogP contribution is -2.64. The first-order chi connectivity index (χ1) is 24.7. The van der Waals surface area contributed by atoms with E-state index in [1.807, 2.05) is 11.0 Å². The molecule has 0 aliphatic carbocycles. The summed E-state index contributed by atoms with van der Waals surface area (Å²) in [5.41, 5.74) is 4.96. The van der Waals surface area contributed by atoms with Gasteiger partial charge in [-0.05, 0) is 49.9 Å². The van der Waals surface area contributed by atoms with Crippen LogP contribution in [-0.2, 0) is 4.79 Å². The van der Waals surface area contributed by atoms with Crippen molar-refractivity contribution in [2.75, 3.05) is 56.5 Å². The molecule has 52 heavy (non-hydrogen) atoms. The van der Waals surface area contributed by atoms with Crippen molar-refractivity contribution >= 4 is 60.7 Å². The van der Waals surface area contributed by atoms with E-state index in [1.165, 1.54) is 23.1 Å². The minimum atomic E-state index is -3.48. The number of nitriles is 1. The lowest BCUT2D eigenvalue weighted by Gasteiger charge is -2.52.